The van der Waals surface area contributed by atoms with Crippen LogP contribution < -0.4 is 0 Å². The van der Waals surface area contributed by atoms with E-state index in [0.29, 0.717) is 31.0 Å². The summed E-state index contributed by atoms with van der Waals surface area (Å²) in [5, 5.41) is 4.48. The fourth-order valence-electron chi connectivity index (χ4n) is 3.18. The van der Waals surface area contributed by atoms with Crippen molar-refractivity contribution in [3.63, 3.8) is 0 Å². The molecule has 0 N–H and O–H groups in total. The number of benzene rings is 1. The quantitative estimate of drug-likeness (QED) is 0.839. The number of morpholine rings is 1. The second-order valence-electron chi connectivity index (χ2n) is 7.39. The number of halogens is 1. The van der Waals surface area contributed by atoms with Gasteiger partial charge < -0.3 is 9.64 Å². The van der Waals surface area contributed by atoms with Crippen molar-refractivity contribution in [3.8, 4) is 0 Å². The van der Waals surface area contributed by atoms with E-state index in [9.17, 15) is 9.18 Å². The summed E-state index contributed by atoms with van der Waals surface area (Å²) in [6.45, 7) is 9.26. The number of aryl methyl sites for hydroxylation is 1. The van der Waals surface area contributed by atoms with Crippen LogP contribution in [0.3, 0.4) is 0 Å². The normalized spacial score (nSPS) is 18.4. The fourth-order valence-corrected chi connectivity index (χ4v) is 3.18. The van der Waals surface area contributed by atoms with E-state index < -0.39 is 6.10 Å². The number of nitrogens with zero attached hydrogens (tertiary/aromatic N) is 3. The fraction of sp³-hybridized carbons (Fsp3) is 0.474. The molecule has 1 atom stereocenters. The van der Waals surface area contributed by atoms with Crippen LogP contribution in [0.25, 0.3) is 0 Å². The third-order valence-electron chi connectivity index (χ3n) is 4.35. The average Bonchev–Trinajstić information content (AvgIpc) is 2.97. The highest BCUT2D eigenvalue weighted by Gasteiger charge is 2.29. The average molecular weight is 345 g/mol. The maximum Gasteiger partial charge on any atom is 0.274 e. The largest absolute Gasteiger partial charge is 0.370 e. The van der Waals surface area contributed by atoms with Crippen molar-refractivity contribution in [2.24, 2.45) is 0 Å². The number of hydrogen-bond acceptors (Lipinski definition) is 3. The number of aromatic nitrogens is 2. The monoisotopic (exact) mass is 345 g/mol. The molecule has 25 heavy (non-hydrogen) atoms. The lowest BCUT2D eigenvalue weighted by Crippen LogP contribution is -2.42. The molecule has 1 unspecified atom stereocenters. The molecule has 1 aliphatic heterocycles. The van der Waals surface area contributed by atoms with Crippen LogP contribution in [0.1, 0.15) is 48.6 Å². The zero-order valence-electron chi connectivity index (χ0n) is 15.1. The van der Waals surface area contributed by atoms with Crippen molar-refractivity contribution in [3.05, 3.63) is 53.1 Å². The number of carbonyl (C=O) groups excluding carboxylic acids is 1. The first-order chi connectivity index (χ1) is 11.8. The molecule has 2 aromatic rings. The number of ether oxygens (including phenoxy) is 1. The second kappa shape index (κ2) is 6.59. The van der Waals surface area contributed by atoms with Crippen LogP contribution in [0.15, 0.2) is 30.3 Å². The summed E-state index contributed by atoms with van der Waals surface area (Å²) in [6, 6.07) is 8.34. The third-order valence-corrected chi connectivity index (χ3v) is 4.35. The molecule has 1 fully saturated rings. The molecule has 0 saturated carbocycles. The predicted molar refractivity (Wildman–Crippen MR) is 93.0 cm³/mol. The van der Waals surface area contributed by atoms with Gasteiger partial charge in [-0.25, -0.2) is 4.39 Å². The van der Waals surface area contributed by atoms with E-state index in [2.05, 4.69) is 5.10 Å². The lowest BCUT2D eigenvalue weighted by atomic mass is 10.1. The highest BCUT2D eigenvalue weighted by Crippen LogP contribution is 2.26. The van der Waals surface area contributed by atoms with E-state index >= 15 is 0 Å². The van der Waals surface area contributed by atoms with Crippen LogP contribution in [0.4, 0.5) is 4.39 Å². The molecule has 1 saturated heterocycles. The molecule has 3 rings (SSSR count). The highest BCUT2D eigenvalue weighted by molar-refractivity contribution is 5.92. The summed E-state index contributed by atoms with van der Waals surface area (Å²) >= 11 is 0. The number of carbonyl (C=O) groups is 1. The van der Waals surface area contributed by atoms with Crippen molar-refractivity contribution >= 4 is 5.91 Å². The summed E-state index contributed by atoms with van der Waals surface area (Å²) in [6.07, 6.45) is -0.454. The van der Waals surface area contributed by atoms with E-state index in [1.807, 2.05) is 32.4 Å². The molecule has 6 heteroatoms. The maximum absolute atomic E-state index is 14.0. The molecule has 0 bridgehead atoms. The Balaban J connectivity index is 1.80. The van der Waals surface area contributed by atoms with Crippen LogP contribution >= 0.6 is 0 Å². The standard InChI is InChI=1S/C19H24FN3O2/c1-13-11-16(21-23(13)19(2,3)4)18(24)22-9-10-25-17(12-22)14-7-5-6-8-15(14)20/h5-8,11,17H,9-10,12H2,1-4H3. The van der Waals surface area contributed by atoms with Crippen LogP contribution in [0, 0.1) is 12.7 Å². The van der Waals surface area contributed by atoms with E-state index in [1.54, 1.807) is 29.2 Å². The Bertz CT molecular complexity index is 779. The smallest absolute Gasteiger partial charge is 0.274 e. The van der Waals surface area contributed by atoms with Gasteiger partial charge in [-0.15, -0.1) is 0 Å². The van der Waals surface area contributed by atoms with E-state index in [1.165, 1.54) is 6.07 Å². The van der Waals surface area contributed by atoms with Gasteiger partial charge in [0.25, 0.3) is 5.91 Å². The zero-order chi connectivity index (χ0) is 18.2. The molecule has 5 nitrogen and oxygen atoms in total. The van der Waals surface area contributed by atoms with Crippen LogP contribution in [-0.2, 0) is 10.3 Å². The molecule has 134 valence electrons. The topological polar surface area (TPSA) is 47.4 Å². The molecule has 1 aromatic heterocycles. The molecule has 1 amide bonds. The molecular weight excluding hydrogens is 321 g/mol. The molecule has 1 aliphatic rings. The Morgan fingerprint density at radius 3 is 2.68 bits per heavy atom. The van der Waals surface area contributed by atoms with Crippen molar-refractivity contribution in [1.82, 2.24) is 14.7 Å². The molecule has 0 radical (unpaired) electrons. The summed E-state index contributed by atoms with van der Waals surface area (Å²) in [5.74, 6) is -0.453. The number of rotatable bonds is 2. The summed E-state index contributed by atoms with van der Waals surface area (Å²) < 4.78 is 21.6. The summed E-state index contributed by atoms with van der Waals surface area (Å²) in [7, 11) is 0. The van der Waals surface area contributed by atoms with Crippen LogP contribution in [0.2, 0.25) is 0 Å². The molecule has 0 aliphatic carbocycles. The van der Waals surface area contributed by atoms with Crippen molar-refractivity contribution in [2.45, 2.75) is 39.3 Å². The molecule has 0 spiro atoms. The minimum Gasteiger partial charge on any atom is -0.370 e. The molecule has 1 aromatic carbocycles. The second-order valence-corrected chi connectivity index (χ2v) is 7.39. The zero-order valence-corrected chi connectivity index (χ0v) is 15.1. The minimum absolute atomic E-state index is 0.143. The van der Waals surface area contributed by atoms with Gasteiger partial charge in [0.2, 0.25) is 0 Å². The SMILES string of the molecule is Cc1cc(C(=O)N2CCOC(c3ccccc3F)C2)nn1C(C)(C)C. The Labute approximate surface area is 147 Å². The van der Waals surface area contributed by atoms with Crippen LogP contribution in [0.5, 0.6) is 0 Å². The van der Waals surface area contributed by atoms with Gasteiger partial charge in [-0.05, 0) is 39.8 Å². The first-order valence-corrected chi connectivity index (χ1v) is 8.50. The maximum atomic E-state index is 14.0. The first-order valence-electron chi connectivity index (χ1n) is 8.50. The van der Waals surface area contributed by atoms with Gasteiger partial charge >= 0.3 is 0 Å². The number of amides is 1. The highest BCUT2D eigenvalue weighted by atomic mass is 19.1. The van der Waals surface area contributed by atoms with Crippen molar-refractivity contribution in [1.29, 1.82) is 0 Å². The van der Waals surface area contributed by atoms with E-state index in [0.717, 1.165) is 5.69 Å². The van der Waals surface area contributed by atoms with Crippen molar-refractivity contribution in [2.75, 3.05) is 19.7 Å². The van der Waals surface area contributed by atoms with Crippen LogP contribution in [-0.4, -0.2) is 40.3 Å². The lowest BCUT2D eigenvalue weighted by molar-refractivity contribution is -0.0245. The first kappa shape index (κ1) is 17.6. The van der Waals surface area contributed by atoms with E-state index in [-0.39, 0.29) is 17.3 Å². The van der Waals surface area contributed by atoms with Gasteiger partial charge in [0, 0.05) is 17.8 Å². The minimum atomic E-state index is -0.454. The van der Waals surface area contributed by atoms with Gasteiger partial charge in [-0.3, -0.25) is 9.48 Å². The Morgan fingerprint density at radius 1 is 1.32 bits per heavy atom. The van der Waals surface area contributed by atoms with Gasteiger partial charge in [0.1, 0.15) is 11.9 Å². The Morgan fingerprint density at radius 2 is 2.04 bits per heavy atom. The molecule has 2 heterocycles. The molecular formula is C19H24FN3O2. The summed E-state index contributed by atoms with van der Waals surface area (Å²) in [5.41, 5.74) is 1.65. The van der Waals surface area contributed by atoms with E-state index in [4.69, 9.17) is 4.74 Å². The van der Waals surface area contributed by atoms with Gasteiger partial charge in [-0.2, -0.15) is 5.10 Å². The van der Waals surface area contributed by atoms with Crippen molar-refractivity contribution < 1.29 is 13.9 Å². The number of hydrogen-bond donors (Lipinski definition) is 0. The van der Waals surface area contributed by atoms with Gasteiger partial charge in [-0.1, -0.05) is 18.2 Å². The third kappa shape index (κ3) is 3.58. The van der Waals surface area contributed by atoms with Gasteiger partial charge in [0.15, 0.2) is 5.69 Å². The summed E-state index contributed by atoms with van der Waals surface area (Å²) in [4.78, 5) is 14.5. The Kier molecular flexibility index (Phi) is 4.64. The lowest BCUT2D eigenvalue weighted by Gasteiger charge is -2.33. The predicted octanol–water partition coefficient (Wildman–Crippen LogP) is 3.30. The Hall–Kier alpha value is -2.21. The van der Waals surface area contributed by atoms with Gasteiger partial charge in [0.05, 0.1) is 18.7 Å².